The van der Waals surface area contributed by atoms with Crippen LogP contribution in [0.2, 0.25) is 0 Å². The SMILES string of the molecule is CN(C)C1CCCN(C(=O)c2cccc(NS(=O)(=O)c3ccc4c(c3)OCCO4)c2)C1. The van der Waals surface area contributed by atoms with Crippen molar-refractivity contribution in [2.45, 2.75) is 23.8 Å². The quantitative estimate of drug-likeness (QED) is 0.761. The van der Waals surface area contributed by atoms with E-state index in [1.807, 2.05) is 19.0 Å². The summed E-state index contributed by atoms with van der Waals surface area (Å²) in [6.45, 7) is 2.18. The first-order valence-corrected chi connectivity index (χ1v) is 11.8. The van der Waals surface area contributed by atoms with E-state index in [4.69, 9.17) is 9.47 Å². The van der Waals surface area contributed by atoms with E-state index >= 15 is 0 Å². The molecule has 2 aliphatic heterocycles. The van der Waals surface area contributed by atoms with Crippen molar-refractivity contribution in [1.82, 2.24) is 9.80 Å². The molecule has 0 bridgehead atoms. The Morgan fingerprint density at radius 2 is 1.87 bits per heavy atom. The lowest BCUT2D eigenvalue weighted by molar-refractivity contribution is 0.0635. The van der Waals surface area contributed by atoms with Crippen molar-refractivity contribution >= 4 is 21.6 Å². The first-order valence-electron chi connectivity index (χ1n) is 10.3. The Kier molecular flexibility index (Phi) is 6.06. The van der Waals surface area contributed by atoms with E-state index in [-0.39, 0.29) is 10.8 Å². The van der Waals surface area contributed by atoms with Gasteiger partial charge >= 0.3 is 0 Å². The van der Waals surface area contributed by atoms with Crippen LogP contribution in [0, 0.1) is 0 Å². The number of amides is 1. The standard InChI is InChI=1S/C22H27N3O5S/c1-24(2)18-7-4-10-25(15-18)22(26)16-5-3-6-17(13-16)23-31(27,28)19-8-9-20-21(14-19)30-12-11-29-20/h3,5-6,8-9,13-14,18,23H,4,7,10-12,15H2,1-2H3. The van der Waals surface area contributed by atoms with Gasteiger partial charge in [-0.15, -0.1) is 0 Å². The number of sulfonamides is 1. The van der Waals surface area contributed by atoms with Crippen LogP contribution < -0.4 is 14.2 Å². The predicted octanol–water partition coefficient (Wildman–Crippen LogP) is 2.42. The molecular weight excluding hydrogens is 418 g/mol. The molecule has 2 aromatic carbocycles. The summed E-state index contributed by atoms with van der Waals surface area (Å²) in [5, 5.41) is 0. The number of fused-ring (bicyclic) bond motifs is 1. The average Bonchev–Trinajstić information content (AvgIpc) is 2.78. The van der Waals surface area contributed by atoms with Crippen molar-refractivity contribution in [3.63, 3.8) is 0 Å². The first kappa shape index (κ1) is 21.5. The van der Waals surface area contributed by atoms with Crippen LogP contribution in [-0.2, 0) is 10.0 Å². The number of benzene rings is 2. The van der Waals surface area contributed by atoms with Crippen molar-refractivity contribution in [2.75, 3.05) is 45.1 Å². The van der Waals surface area contributed by atoms with Crippen LogP contribution >= 0.6 is 0 Å². The van der Waals surface area contributed by atoms with Crippen LogP contribution in [0.25, 0.3) is 0 Å². The predicted molar refractivity (Wildman–Crippen MR) is 117 cm³/mol. The third kappa shape index (κ3) is 4.77. The Bertz CT molecular complexity index is 1070. The van der Waals surface area contributed by atoms with Crippen LogP contribution in [0.15, 0.2) is 47.4 Å². The van der Waals surface area contributed by atoms with Crippen LogP contribution in [0.3, 0.4) is 0 Å². The zero-order chi connectivity index (χ0) is 22.0. The Morgan fingerprint density at radius 3 is 2.65 bits per heavy atom. The third-order valence-corrected chi connectivity index (χ3v) is 6.98. The number of piperidine rings is 1. The average molecular weight is 446 g/mol. The van der Waals surface area contributed by atoms with Gasteiger partial charge in [0.2, 0.25) is 0 Å². The van der Waals surface area contributed by atoms with Crippen molar-refractivity contribution in [1.29, 1.82) is 0 Å². The van der Waals surface area contributed by atoms with Crippen molar-refractivity contribution in [3.8, 4) is 11.5 Å². The number of likely N-dealkylation sites (tertiary alicyclic amines) is 1. The molecule has 0 radical (unpaired) electrons. The molecule has 2 aliphatic rings. The van der Waals surface area contributed by atoms with Gasteiger partial charge in [0, 0.05) is 36.4 Å². The van der Waals surface area contributed by atoms with Gasteiger partial charge in [0.15, 0.2) is 11.5 Å². The highest BCUT2D eigenvalue weighted by Gasteiger charge is 2.26. The van der Waals surface area contributed by atoms with Gasteiger partial charge < -0.3 is 19.3 Å². The number of nitrogens with zero attached hydrogens (tertiary/aromatic N) is 2. The molecular formula is C22H27N3O5S. The fraction of sp³-hybridized carbons (Fsp3) is 0.409. The van der Waals surface area contributed by atoms with E-state index < -0.39 is 10.0 Å². The summed E-state index contributed by atoms with van der Waals surface area (Å²) < 4.78 is 39.3. The number of ether oxygens (including phenoxy) is 2. The number of rotatable bonds is 5. The maximum absolute atomic E-state index is 13.0. The van der Waals surface area contributed by atoms with Gasteiger partial charge in [0.1, 0.15) is 13.2 Å². The maximum Gasteiger partial charge on any atom is 0.262 e. The van der Waals surface area contributed by atoms with E-state index in [0.717, 1.165) is 12.8 Å². The Hall–Kier alpha value is -2.78. The number of nitrogens with one attached hydrogen (secondary N) is 1. The topological polar surface area (TPSA) is 88.2 Å². The lowest BCUT2D eigenvalue weighted by Gasteiger charge is -2.36. The summed E-state index contributed by atoms with van der Waals surface area (Å²) in [6.07, 6.45) is 2.01. The summed E-state index contributed by atoms with van der Waals surface area (Å²) in [7, 11) is 0.188. The molecule has 4 rings (SSSR count). The fourth-order valence-corrected chi connectivity index (χ4v) is 4.93. The number of carbonyl (C=O) groups is 1. The summed E-state index contributed by atoms with van der Waals surface area (Å²) >= 11 is 0. The molecule has 0 saturated carbocycles. The second-order valence-electron chi connectivity index (χ2n) is 8.00. The zero-order valence-corrected chi connectivity index (χ0v) is 18.5. The molecule has 1 unspecified atom stereocenters. The number of anilines is 1. The number of hydrogen-bond donors (Lipinski definition) is 1. The molecule has 8 nitrogen and oxygen atoms in total. The van der Waals surface area contributed by atoms with Crippen LogP contribution in [0.4, 0.5) is 5.69 Å². The van der Waals surface area contributed by atoms with E-state index in [9.17, 15) is 13.2 Å². The Balaban J connectivity index is 1.51. The van der Waals surface area contributed by atoms with Crippen LogP contribution in [0.5, 0.6) is 11.5 Å². The molecule has 1 fully saturated rings. The molecule has 2 aromatic rings. The summed E-state index contributed by atoms with van der Waals surface area (Å²) in [6, 6.07) is 11.4. The minimum Gasteiger partial charge on any atom is -0.486 e. The molecule has 0 aliphatic carbocycles. The van der Waals surface area contributed by atoms with Gasteiger partial charge in [-0.2, -0.15) is 0 Å². The smallest absolute Gasteiger partial charge is 0.262 e. The lowest BCUT2D eigenvalue weighted by atomic mass is 10.0. The monoisotopic (exact) mass is 445 g/mol. The van der Waals surface area contributed by atoms with E-state index in [2.05, 4.69) is 9.62 Å². The van der Waals surface area contributed by atoms with Gasteiger partial charge in [-0.05, 0) is 57.3 Å². The number of carbonyl (C=O) groups excluding carboxylic acids is 1. The second kappa shape index (κ2) is 8.76. The van der Waals surface area contributed by atoms with Gasteiger partial charge in [0.25, 0.3) is 15.9 Å². The molecule has 166 valence electrons. The Morgan fingerprint density at radius 1 is 1.10 bits per heavy atom. The highest BCUT2D eigenvalue weighted by Crippen LogP contribution is 2.32. The van der Waals surface area contributed by atoms with Crippen molar-refractivity contribution < 1.29 is 22.7 Å². The molecule has 2 heterocycles. The Labute approximate surface area is 182 Å². The first-order chi connectivity index (χ1) is 14.8. The minimum absolute atomic E-state index is 0.0679. The number of hydrogen-bond acceptors (Lipinski definition) is 6. The minimum atomic E-state index is -3.85. The third-order valence-electron chi connectivity index (χ3n) is 5.60. The largest absolute Gasteiger partial charge is 0.486 e. The zero-order valence-electron chi connectivity index (χ0n) is 17.7. The molecule has 9 heteroatoms. The summed E-state index contributed by atoms with van der Waals surface area (Å²) in [5.74, 6) is 0.834. The molecule has 1 amide bonds. The maximum atomic E-state index is 13.0. The van der Waals surface area contributed by atoms with E-state index in [1.165, 1.54) is 12.1 Å². The van der Waals surface area contributed by atoms with E-state index in [0.29, 0.717) is 55.1 Å². The molecule has 1 atom stereocenters. The summed E-state index contributed by atoms with van der Waals surface area (Å²) in [4.78, 5) is 17.1. The van der Waals surface area contributed by atoms with Crippen LogP contribution in [-0.4, -0.2) is 70.6 Å². The van der Waals surface area contributed by atoms with Crippen molar-refractivity contribution in [2.24, 2.45) is 0 Å². The van der Waals surface area contributed by atoms with Gasteiger partial charge in [0.05, 0.1) is 4.90 Å². The molecule has 1 N–H and O–H groups in total. The van der Waals surface area contributed by atoms with Gasteiger partial charge in [-0.1, -0.05) is 6.07 Å². The fourth-order valence-electron chi connectivity index (χ4n) is 3.86. The second-order valence-corrected chi connectivity index (χ2v) is 9.69. The highest BCUT2D eigenvalue weighted by molar-refractivity contribution is 7.92. The molecule has 31 heavy (non-hydrogen) atoms. The molecule has 0 aromatic heterocycles. The lowest BCUT2D eigenvalue weighted by Crippen LogP contribution is -2.47. The van der Waals surface area contributed by atoms with Crippen molar-refractivity contribution in [3.05, 3.63) is 48.0 Å². The molecule has 0 spiro atoms. The normalized spacial score (nSPS) is 18.7. The summed E-state index contributed by atoms with van der Waals surface area (Å²) in [5.41, 5.74) is 0.795. The van der Waals surface area contributed by atoms with Gasteiger partial charge in [-0.25, -0.2) is 8.42 Å². The molecule has 1 saturated heterocycles. The van der Waals surface area contributed by atoms with Gasteiger partial charge in [-0.3, -0.25) is 9.52 Å². The van der Waals surface area contributed by atoms with E-state index in [1.54, 1.807) is 30.3 Å². The highest BCUT2D eigenvalue weighted by atomic mass is 32.2. The van der Waals surface area contributed by atoms with Crippen LogP contribution in [0.1, 0.15) is 23.2 Å². The number of likely N-dealkylation sites (N-methyl/N-ethyl adjacent to an activating group) is 1.